The van der Waals surface area contributed by atoms with E-state index in [1.165, 1.54) is 46.0 Å². The molecule has 2 heterocycles. The molecule has 1 aliphatic rings. The van der Waals surface area contributed by atoms with E-state index in [2.05, 4.69) is 4.99 Å². The van der Waals surface area contributed by atoms with Gasteiger partial charge in [0.15, 0.2) is 14.6 Å². The average molecular weight is 496 g/mol. The van der Waals surface area contributed by atoms with Gasteiger partial charge < -0.3 is 9.30 Å². The molecule has 3 aromatic rings. The van der Waals surface area contributed by atoms with E-state index >= 15 is 0 Å². The van der Waals surface area contributed by atoms with Crippen LogP contribution in [0, 0.1) is 0 Å². The number of hydrogen-bond donors (Lipinski definition) is 0. The minimum atomic E-state index is -3.64. The number of ether oxygens (including phenoxy) is 1. The molecule has 2 aromatic carbocycles. The number of sulfonamides is 1. The third-order valence-corrected chi connectivity index (χ3v) is 9.23. The summed E-state index contributed by atoms with van der Waals surface area (Å²) in [5.74, 6) is -0.522. The van der Waals surface area contributed by atoms with Crippen LogP contribution >= 0.6 is 11.3 Å². The topological polar surface area (TPSA) is 115 Å². The second kappa shape index (κ2) is 8.52. The lowest BCUT2D eigenvalue weighted by atomic mass is 10.2. The fraction of sp³-hybridized carbons (Fsp3) is 0.300. The molecule has 4 rings (SSSR count). The van der Waals surface area contributed by atoms with Crippen LogP contribution in [0.4, 0.5) is 0 Å². The van der Waals surface area contributed by atoms with Gasteiger partial charge in [-0.05, 0) is 42.5 Å². The minimum absolute atomic E-state index is 0.108. The molecule has 0 spiro atoms. The maximum Gasteiger partial charge on any atom is 0.279 e. The van der Waals surface area contributed by atoms with Crippen LogP contribution in [0.3, 0.4) is 0 Å². The fourth-order valence-corrected chi connectivity index (χ4v) is 6.49. The van der Waals surface area contributed by atoms with Crippen LogP contribution in [0.15, 0.2) is 57.2 Å². The SMILES string of the molecule is Cn1c(=NC(=O)c2ccc(S(=O)(=O)N3CCOCC3)cc2)sc2cc(S(C)(=O)=O)ccc21. The van der Waals surface area contributed by atoms with E-state index in [-0.39, 0.29) is 15.4 Å². The van der Waals surface area contributed by atoms with Gasteiger partial charge in [0.1, 0.15) is 0 Å². The van der Waals surface area contributed by atoms with Crippen LogP contribution in [0.1, 0.15) is 10.4 Å². The summed E-state index contributed by atoms with van der Waals surface area (Å²) in [5.41, 5.74) is 1.00. The molecule has 1 amide bonds. The second-order valence-electron chi connectivity index (χ2n) is 7.30. The third-order valence-electron chi connectivity index (χ3n) is 5.12. The molecule has 1 aliphatic heterocycles. The first kappa shape index (κ1) is 22.8. The number of hydrogen-bond acceptors (Lipinski definition) is 7. The average Bonchev–Trinajstić information content (AvgIpc) is 3.08. The Morgan fingerprint density at radius 3 is 2.25 bits per heavy atom. The first-order valence-corrected chi connectivity index (χ1v) is 13.8. The Hall–Kier alpha value is -2.38. The molecule has 9 nitrogen and oxygen atoms in total. The zero-order chi connectivity index (χ0) is 23.1. The highest BCUT2D eigenvalue weighted by Gasteiger charge is 2.26. The summed E-state index contributed by atoms with van der Waals surface area (Å²) in [6.07, 6.45) is 1.14. The Bertz CT molecular complexity index is 1460. The second-order valence-corrected chi connectivity index (χ2v) is 12.3. The molecule has 0 bridgehead atoms. The summed E-state index contributed by atoms with van der Waals surface area (Å²) in [6, 6.07) is 10.4. The van der Waals surface area contributed by atoms with Crippen molar-refractivity contribution in [3.8, 4) is 0 Å². The molecule has 1 fully saturated rings. The van der Waals surface area contributed by atoms with Crippen molar-refractivity contribution < 1.29 is 26.4 Å². The normalized spacial score (nSPS) is 16.5. The number of aryl methyl sites for hydroxylation is 1. The highest BCUT2D eigenvalue weighted by molar-refractivity contribution is 7.90. The zero-order valence-electron chi connectivity index (χ0n) is 17.4. The Morgan fingerprint density at radius 2 is 1.62 bits per heavy atom. The molecule has 1 aromatic heterocycles. The molecular formula is C20H21N3O6S3. The molecule has 1 saturated heterocycles. The molecular weight excluding hydrogens is 474 g/mol. The summed E-state index contributed by atoms with van der Waals surface area (Å²) < 4.78 is 58.0. The van der Waals surface area contributed by atoms with E-state index in [9.17, 15) is 21.6 Å². The third kappa shape index (κ3) is 4.41. The number of aromatic nitrogens is 1. The van der Waals surface area contributed by atoms with Crippen molar-refractivity contribution in [1.29, 1.82) is 0 Å². The molecule has 0 aliphatic carbocycles. The Balaban J connectivity index is 1.63. The van der Waals surface area contributed by atoms with Crippen molar-refractivity contribution in [1.82, 2.24) is 8.87 Å². The Labute approximate surface area is 189 Å². The van der Waals surface area contributed by atoms with Crippen LogP contribution in [0.5, 0.6) is 0 Å². The highest BCUT2D eigenvalue weighted by atomic mass is 32.2. The van der Waals surface area contributed by atoms with E-state index in [1.54, 1.807) is 23.7 Å². The van der Waals surface area contributed by atoms with Crippen molar-refractivity contribution >= 4 is 47.3 Å². The number of thiazole rings is 1. The summed E-state index contributed by atoms with van der Waals surface area (Å²) in [7, 11) is -5.25. The number of morpholine rings is 1. The summed E-state index contributed by atoms with van der Waals surface area (Å²) in [6.45, 7) is 1.29. The molecule has 0 saturated carbocycles. The first-order valence-electron chi connectivity index (χ1n) is 9.64. The number of fused-ring (bicyclic) bond motifs is 1. The van der Waals surface area contributed by atoms with Gasteiger partial charge >= 0.3 is 0 Å². The maximum atomic E-state index is 12.7. The summed E-state index contributed by atoms with van der Waals surface area (Å²) in [4.78, 5) is 17.6. The molecule has 0 radical (unpaired) electrons. The molecule has 12 heteroatoms. The quantitative estimate of drug-likeness (QED) is 0.541. The lowest BCUT2D eigenvalue weighted by Crippen LogP contribution is -2.40. The van der Waals surface area contributed by atoms with Crippen LogP contribution < -0.4 is 4.80 Å². The predicted molar refractivity (Wildman–Crippen MR) is 120 cm³/mol. The summed E-state index contributed by atoms with van der Waals surface area (Å²) in [5, 5.41) is 0. The van der Waals surface area contributed by atoms with Gasteiger partial charge in [0.05, 0.1) is 33.2 Å². The standard InChI is InChI=1S/C20H21N3O6S3/c1-22-17-8-7-16(31(2,25)26)13-18(17)30-20(22)21-19(24)14-3-5-15(6-4-14)32(27,28)23-9-11-29-12-10-23/h3-8,13H,9-12H2,1-2H3. The highest BCUT2D eigenvalue weighted by Crippen LogP contribution is 2.22. The van der Waals surface area contributed by atoms with Gasteiger partial charge in [-0.1, -0.05) is 11.3 Å². The molecule has 0 N–H and O–H groups in total. The van der Waals surface area contributed by atoms with Crippen LogP contribution in [-0.4, -0.2) is 64.2 Å². The van der Waals surface area contributed by atoms with Crippen molar-refractivity contribution in [2.24, 2.45) is 12.0 Å². The number of carbonyl (C=O) groups excluding carboxylic acids is 1. The lowest BCUT2D eigenvalue weighted by Gasteiger charge is -2.26. The number of nitrogens with zero attached hydrogens (tertiary/aromatic N) is 3. The molecule has 170 valence electrons. The van der Waals surface area contributed by atoms with E-state index in [0.29, 0.717) is 35.8 Å². The minimum Gasteiger partial charge on any atom is -0.379 e. The number of amides is 1. The van der Waals surface area contributed by atoms with Gasteiger partial charge in [-0.15, -0.1) is 0 Å². The Kier molecular flexibility index (Phi) is 6.07. The largest absolute Gasteiger partial charge is 0.379 e. The van der Waals surface area contributed by atoms with Gasteiger partial charge in [-0.3, -0.25) is 4.79 Å². The van der Waals surface area contributed by atoms with Crippen molar-refractivity contribution in [3.63, 3.8) is 0 Å². The predicted octanol–water partition coefficient (Wildman–Crippen LogP) is 1.41. The molecule has 32 heavy (non-hydrogen) atoms. The van der Waals surface area contributed by atoms with Crippen LogP contribution in [-0.2, 0) is 31.6 Å². The van der Waals surface area contributed by atoms with E-state index in [4.69, 9.17) is 4.74 Å². The lowest BCUT2D eigenvalue weighted by molar-refractivity contribution is 0.0730. The van der Waals surface area contributed by atoms with E-state index in [0.717, 1.165) is 11.8 Å². The monoisotopic (exact) mass is 495 g/mol. The van der Waals surface area contributed by atoms with Crippen molar-refractivity contribution in [3.05, 3.63) is 52.8 Å². The van der Waals surface area contributed by atoms with Crippen molar-refractivity contribution in [2.45, 2.75) is 9.79 Å². The Morgan fingerprint density at radius 1 is 1.00 bits per heavy atom. The van der Waals surface area contributed by atoms with Gasteiger partial charge in [0.2, 0.25) is 10.0 Å². The van der Waals surface area contributed by atoms with Crippen molar-refractivity contribution in [2.75, 3.05) is 32.6 Å². The summed E-state index contributed by atoms with van der Waals surface area (Å²) >= 11 is 1.20. The van der Waals surface area contributed by atoms with Gasteiger partial charge in [0.25, 0.3) is 5.91 Å². The van der Waals surface area contributed by atoms with Gasteiger partial charge in [0, 0.05) is 32.0 Å². The van der Waals surface area contributed by atoms with Crippen LogP contribution in [0.2, 0.25) is 0 Å². The number of sulfone groups is 1. The fourth-order valence-electron chi connectivity index (χ4n) is 3.31. The number of rotatable bonds is 4. The van der Waals surface area contributed by atoms with E-state index in [1.807, 2.05) is 0 Å². The molecule has 0 atom stereocenters. The zero-order valence-corrected chi connectivity index (χ0v) is 19.8. The van der Waals surface area contributed by atoms with Gasteiger partial charge in [-0.2, -0.15) is 9.30 Å². The van der Waals surface area contributed by atoms with Crippen LogP contribution in [0.25, 0.3) is 10.2 Å². The number of benzene rings is 2. The molecule has 0 unspecified atom stereocenters. The smallest absolute Gasteiger partial charge is 0.279 e. The van der Waals surface area contributed by atoms with Gasteiger partial charge in [-0.25, -0.2) is 16.8 Å². The van der Waals surface area contributed by atoms with E-state index < -0.39 is 25.8 Å². The maximum absolute atomic E-state index is 12.7. The first-order chi connectivity index (χ1) is 15.1. The number of carbonyl (C=O) groups is 1.